The van der Waals surface area contributed by atoms with E-state index in [4.69, 9.17) is 4.74 Å². The summed E-state index contributed by atoms with van der Waals surface area (Å²) in [6.07, 6.45) is 5.12. The topological polar surface area (TPSA) is 21.3 Å². The van der Waals surface area contributed by atoms with E-state index in [2.05, 4.69) is 42.6 Å². The molecule has 1 fully saturated rings. The molecule has 0 radical (unpaired) electrons. The van der Waals surface area contributed by atoms with Crippen molar-refractivity contribution in [3.05, 3.63) is 35.9 Å². The van der Waals surface area contributed by atoms with Crippen LogP contribution < -0.4 is 5.32 Å². The second-order valence-electron chi connectivity index (χ2n) is 4.97. The van der Waals surface area contributed by atoms with Gasteiger partial charge in [0.05, 0.1) is 6.10 Å². The molecule has 1 aromatic carbocycles. The summed E-state index contributed by atoms with van der Waals surface area (Å²) in [6, 6.07) is 11.3. The van der Waals surface area contributed by atoms with E-state index in [1.807, 2.05) is 0 Å². The summed E-state index contributed by atoms with van der Waals surface area (Å²) < 4.78 is 5.89. The van der Waals surface area contributed by atoms with Gasteiger partial charge in [0, 0.05) is 19.2 Å². The summed E-state index contributed by atoms with van der Waals surface area (Å²) in [4.78, 5) is 0. The molecule has 1 saturated heterocycles. The van der Waals surface area contributed by atoms with Crippen molar-refractivity contribution in [2.24, 2.45) is 0 Å². The fraction of sp³-hybridized carbons (Fsp3) is 0.600. The Morgan fingerprint density at radius 2 is 2.06 bits per heavy atom. The Bertz CT molecular complexity index is 304. The van der Waals surface area contributed by atoms with Crippen LogP contribution in [0.4, 0.5) is 0 Å². The summed E-state index contributed by atoms with van der Waals surface area (Å²) >= 11 is 0. The predicted molar refractivity (Wildman–Crippen MR) is 71.2 cm³/mol. The lowest BCUT2D eigenvalue weighted by Gasteiger charge is -2.27. The lowest BCUT2D eigenvalue weighted by Crippen LogP contribution is -2.41. The Balaban J connectivity index is 1.57. The van der Waals surface area contributed by atoms with E-state index in [-0.39, 0.29) is 0 Å². The van der Waals surface area contributed by atoms with Crippen molar-refractivity contribution >= 4 is 0 Å². The molecule has 0 saturated carbocycles. The van der Waals surface area contributed by atoms with E-state index in [0.717, 1.165) is 26.0 Å². The van der Waals surface area contributed by atoms with Crippen molar-refractivity contribution < 1.29 is 4.74 Å². The number of hydrogen-bond donors (Lipinski definition) is 1. The van der Waals surface area contributed by atoms with Crippen molar-refractivity contribution in [1.29, 1.82) is 0 Å². The average Bonchev–Trinajstić information content (AvgIpc) is 2.38. The Morgan fingerprint density at radius 1 is 1.24 bits per heavy atom. The standard InChI is InChI=1S/C15H23NO/c1-13-9-10-15(12-16-13)17-11-5-8-14-6-3-2-4-7-14/h2-4,6-7,13,15-16H,5,8-12H2,1H3. The first-order chi connectivity index (χ1) is 8.34. The highest BCUT2D eigenvalue weighted by molar-refractivity contribution is 5.14. The molecule has 1 N–H and O–H groups in total. The highest BCUT2D eigenvalue weighted by atomic mass is 16.5. The lowest BCUT2D eigenvalue weighted by molar-refractivity contribution is 0.0296. The molecule has 0 aliphatic carbocycles. The summed E-state index contributed by atoms with van der Waals surface area (Å²) in [6.45, 7) is 4.15. The third kappa shape index (κ3) is 4.49. The third-order valence-corrected chi connectivity index (χ3v) is 3.42. The van der Waals surface area contributed by atoms with E-state index in [1.54, 1.807) is 0 Å². The van der Waals surface area contributed by atoms with Crippen LogP contribution in [-0.4, -0.2) is 25.3 Å². The van der Waals surface area contributed by atoms with Crippen LogP contribution in [0, 0.1) is 0 Å². The van der Waals surface area contributed by atoms with Crippen molar-refractivity contribution in [1.82, 2.24) is 5.32 Å². The predicted octanol–water partition coefficient (Wildman–Crippen LogP) is 2.78. The SMILES string of the molecule is CC1CCC(OCCCc2ccccc2)CN1. The summed E-state index contributed by atoms with van der Waals surface area (Å²) in [5.74, 6) is 0. The molecule has 1 heterocycles. The minimum atomic E-state index is 0.432. The van der Waals surface area contributed by atoms with Crippen LogP contribution in [-0.2, 0) is 11.2 Å². The molecule has 1 aliphatic heterocycles. The molecule has 0 bridgehead atoms. The van der Waals surface area contributed by atoms with Gasteiger partial charge in [-0.05, 0) is 38.2 Å². The highest BCUT2D eigenvalue weighted by Crippen LogP contribution is 2.11. The molecule has 2 nitrogen and oxygen atoms in total. The van der Waals surface area contributed by atoms with E-state index in [0.29, 0.717) is 12.1 Å². The Labute approximate surface area is 104 Å². The zero-order valence-corrected chi connectivity index (χ0v) is 10.7. The summed E-state index contributed by atoms with van der Waals surface area (Å²) in [5.41, 5.74) is 1.41. The number of benzene rings is 1. The Hall–Kier alpha value is -0.860. The van der Waals surface area contributed by atoms with Gasteiger partial charge in [-0.15, -0.1) is 0 Å². The van der Waals surface area contributed by atoms with Gasteiger partial charge in [0.15, 0.2) is 0 Å². The molecular formula is C15H23NO. The zero-order chi connectivity index (χ0) is 11.9. The first-order valence-electron chi connectivity index (χ1n) is 6.73. The van der Waals surface area contributed by atoms with Gasteiger partial charge >= 0.3 is 0 Å². The maximum absolute atomic E-state index is 5.89. The van der Waals surface area contributed by atoms with E-state index < -0.39 is 0 Å². The third-order valence-electron chi connectivity index (χ3n) is 3.42. The Kier molecular flexibility index (Phi) is 5.02. The maximum atomic E-state index is 5.89. The second-order valence-corrected chi connectivity index (χ2v) is 4.97. The van der Waals surface area contributed by atoms with Crippen LogP contribution in [0.25, 0.3) is 0 Å². The van der Waals surface area contributed by atoms with Gasteiger partial charge in [-0.25, -0.2) is 0 Å². The molecule has 0 spiro atoms. The average molecular weight is 233 g/mol. The molecule has 0 aromatic heterocycles. The zero-order valence-electron chi connectivity index (χ0n) is 10.7. The second kappa shape index (κ2) is 6.77. The minimum Gasteiger partial charge on any atom is -0.377 e. The van der Waals surface area contributed by atoms with Crippen LogP contribution in [0.5, 0.6) is 0 Å². The normalized spacial score (nSPS) is 24.8. The first-order valence-corrected chi connectivity index (χ1v) is 6.73. The number of hydrogen-bond acceptors (Lipinski definition) is 2. The van der Waals surface area contributed by atoms with Gasteiger partial charge in [-0.1, -0.05) is 30.3 Å². The number of aryl methyl sites for hydroxylation is 1. The minimum absolute atomic E-state index is 0.432. The molecule has 2 rings (SSSR count). The molecule has 2 atom stereocenters. The fourth-order valence-corrected chi connectivity index (χ4v) is 2.29. The van der Waals surface area contributed by atoms with Gasteiger partial charge in [0.2, 0.25) is 0 Å². The van der Waals surface area contributed by atoms with E-state index >= 15 is 0 Å². The van der Waals surface area contributed by atoms with Crippen LogP contribution >= 0.6 is 0 Å². The monoisotopic (exact) mass is 233 g/mol. The fourth-order valence-electron chi connectivity index (χ4n) is 2.29. The number of nitrogens with one attached hydrogen (secondary N) is 1. The van der Waals surface area contributed by atoms with E-state index in [1.165, 1.54) is 18.4 Å². The molecule has 2 unspecified atom stereocenters. The number of rotatable bonds is 5. The Morgan fingerprint density at radius 3 is 2.76 bits per heavy atom. The van der Waals surface area contributed by atoms with Gasteiger partial charge in [-0.2, -0.15) is 0 Å². The van der Waals surface area contributed by atoms with Gasteiger partial charge < -0.3 is 10.1 Å². The van der Waals surface area contributed by atoms with Gasteiger partial charge in [0.1, 0.15) is 0 Å². The van der Waals surface area contributed by atoms with Crippen LogP contribution in [0.1, 0.15) is 31.7 Å². The smallest absolute Gasteiger partial charge is 0.0700 e. The van der Waals surface area contributed by atoms with Gasteiger partial charge in [-0.3, -0.25) is 0 Å². The summed E-state index contributed by atoms with van der Waals surface area (Å²) in [7, 11) is 0. The molecule has 0 amide bonds. The van der Waals surface area contributed by atoms with Crippen LogP contribution in [0.3, 0.4) is 0 Å². The number of piperidine rings is 1. The van der Waals surface area contributed by atoms with Crippen LogP contribution in [0.2, 0.25) is 0 Å². The first kappa shape index (κ1) is 12.6. The van der Waals surface area contributed by atoms with Crippen molar-refractivity contribution in [2.45, 2.75) is 44.8 Å². The van der Waals surface area contributed by atoms with Gasteiger partial charge in [0.25, 0.3) is 0 Å². The molecule has 17 heavy (non-hydrogen) atoms. The summed E-state index contributed by atoms with van der Waals surface area (Å²) in [5, 5.41) is 3.47. The largest absolute Gasteiger partial charge is 0.377 e. The maximum Gasteiger partial charge on any atom is 0.0700 e. The highest BCUT2D eigenvalue weighted by Gasteiger charge is 2.17. The quantitative estimate of drug-likeness (QED) is 0.790. The lowest BCUT2D eigenvalue weighted by atomic mass is 10.0. The molecule has 1 aliphatic rings. The van der Waals surface area contributed by atoms with Crippen molar-refractivity contribution in [3.63, 3.8) is 0 Å². The molecular weight excluding hydrogens is 210 g/mol. The van der Waals surface area contributed by atoms with Crippen LogP contribution in [0.15, 0.2) is 30.3 Å². The van der Waals surface area contributed by atoms with E-state index in [9.17, 15) is 0 Å². The number of ether oxygens (including phenoxy) is 1. The van der Waals surface area contributed by atoms with Crippen molar-refractivity contribution in [2.75, 3.05) is 13.2 Å². The molecule has 94 valence electrons. The van der Waals surface area contributed by atoms with Crippen molar-refractivity contribution in [3.8, 4) is 0 Å². The molecule has 1 aromatic rings. The molecule has 2 heteroatoms.